The van der Waals surface area contributed by atoms with E-state index in [0.717, 1.165) is 37.0 Å². The Bertz CT molecular complexity index is 1120. The van der Waals surface area contributed by atoms with Crippen molar-refractivity contribution in [3.63, 3.8) is 0 Å². The lowest BCUT2D eigenvalue weighted by Crippen LogP contribution is -2.17. The number of nitro groups is 1. The molecule has 0 amide bonds. The van der Waals surface area contributed by atoms with E-state index in [1.807, 2.05) is 24.3 Å². The molecule has 1 fully saturated rings. The molecule has 0 unspecified atom stereocenters. The molecule has 1 saturated carbocycles. The maximum Gasteiger partial charge on any atom is 0.280 e. The maximum atomic E-state index is 13.2. The summed E-state index contributed by atoms with van der Waals surface area (Å²) in [5.41, 5.74) is 2.16. The lowest BCUT2D eigenvalue weighted by atomic mass is 10.1. The van der Waals surface area contributed by atoms with Crippen LogP contribution in [-0.4, -0.2) is 34.1 Å². The van der Waals surface area contributed by atoms with E-state index in [1.165, 1.54) is 16.8 Å². The summed E-state index contributed by atoms with van der Waals surface area (Å²) >= 11 is 0. The van der Waals surface area contributed by atoms with Crippen molar-refractivity contribution in [2.24, 2.45) is 4.99 Å². The minimum atomic E-state index is -0.469. The van der Waals surface area contributed by atoms with Crippen LogP contribution in [0.5, 0.6) is 5.75 Å². The average molecular weight is 406 g/mol. The first-order valence-electron chi connectivity index (χ1n) is 9.84. The van der Waals surface area contributed by atoms with Gasteiger partial charge in [-0.05, 0) is 49.2 Å². The van der Waals surface area contributed by atoms with Gasteiger partial charge in [0, 0.05) is 30.0 Å². The lowest BCUT2D eigenvalue weighted by molar-refractivity contribution is -0.384. The average Bonchev–Trinajstić information content (AvgIpc) is 3.40. The number of aromatic nitrogens is 2. The molecule has 4 rings (SSSR count). The van der Waals surface area contributed by atoms with E-state index in [2.05, 4.69) is 10.1 Å². The van der Waals surface area contributed by atoms with Crippen LogP contribution in [0.1, 0.15) is 31.2 Å². The van der Waals surface area contributed by atoms with Gasteiger partial charge in [0.25, 0.3) is 11.2 Å². The van der Waals surface area contributed by atoms with Crippen LogP contribution in [0.4, 0.5) is 5.69 Å². The number of H-pyrrole nitrogens is 1. The van der Waals surface area contributed by atoms with Gasteiger partial charge in [0.15, 0.2) is 0 Å². The molecule has 0 spiro atoms. The van der Waals surface area contributed by atoms with Gasteiger partial charge in [0.05, 0.1) is 29.0 Å². The van der Waals surface area contributed by atoms with Crippen molar-refractivity contribution in [2.75, 3.05) is 7.11 Å². The third-order valence-corrected chi connectivity index (χ3v) is 5.36. The molecule has 1 aliphatic rings. The fourth-order valence-corrected chi connectivity index (χ4v) is 3.69. The smallest absolute Gasteiger partial charge is 0.280 e. The fourth-order valence-electron chi connectivity index (χ4n) is 3.69. The van der Waals surface area contributed by atoms with Gasteiger partial charge in [-0.2, -0.15) is 0 Å². The van der Waals surface area contributed by atoms with Crippen LogP contribution in [0.3, 0.4) is 0 Å². The summed E-state index contributed by atoms with van der Waals surface area (Å²) in [4.78, 5) is 28.3. The molecule has 0 saturated heterocycles. The van der Waals surface area contributed by atoms with Crippen molar-refractivity contribution in [3.05, 3.63) is 74.6 Å². The summed E-state index contributed by atoms with van der Waals surface area (Å²) < 4.78 is 6.61. The minimum Gasteiger partial charge on any atom is -0.497 e. The first kappa shape index (κ1) is 19.6. The zero-order valence-electron chi connectivity index (χ0n) is 16.6. The normalized spacial score (nSPS) is 14.4. The number of aromatic amines is 1. The molecule has 0 atom stereocenters. The number of hydrogen-bond acceptors (Lipinski definition) is 5. The van der Waals surface area contributed by atoms with Gasteiger partial charge in [-0.3, -0.25) is 25.0 Å². The maximum absolute atomic E-state index is 13.2. The molecule has 3 aromatic rings. The lowest BCUT2D eigenvalue weighted by Gasteiger charge is -2.04. The largest absolute Gasteiger partial charge is 0.497 e. The SMILES string of the molecule is COc1ccc(-c2[nH]n(-c3ccc([N+](=O)[O-])cc3)c(=O)c2C=NC2CCCC2)cc1. The number of benzene rings is 2. The number of rotatable bonds is 6. The van der Waals surface area contributed by atoms with E-state index in [0.29, 0.717) is 16.9 Å². The van der Waals surface area contributed by atoms with Crippen molar-refractivity contribution in [1.82, 2.24) is 9.78 Å². The summed E-state index contributed by atoms with van der Waals surface area (Å²) in [7, 11) is 1.60. The molecule has 1 heterocycles. The van der Waals surface area contributed by atoms with E-state index >= 15 is 0 Å². The van der Waals surface area contributed by atoms with Crippen LogP contribution >= 0.6 is 0 Å². The van der Waals surface area contributed by atoms with Crippen LogP contribution in [-0.2, 0) is 0 Å². The fraction of sp³-hybridized carbons (Fsp3) is 0.273. The second-order valence-electron chi connectivity index (χ2n) is 7.26. The Morgan fingerprint density at radius 2 is 1.80 bits per heavy atom. The molecule has 154 valence electrons. The van der Waals surface area contributed by atoms with Crippen LogP contribution in [0.2, 0.25) is 0 Å². The van der Waals surface area contributed by atoms with Gasteiger partial charge in [0.1, 0.15) is 5.75 Å². The second-order valence-corrected chi connectivity index (χ2v) is 7.26. The number of nitrogens with one attached hydrogen (secondary N) is 1. The van der Waals surface area contributed by atoms with Crippen molar-refractivity contribution in [1.29, 1.82) is 0 Å². The number of methoxy groups -OCH3 is 1. The highest BCUT2D eigenvalue weighted by atomic mass is 16.6. The monoisotopic (exact) mass is 406 g/mol. The molecule has 8 heteroatoms. The van der Waals surface area contributed by atoms with Crippen LogP contribution in [0.15, 0.2) is 58.3 Å². The van der Waals surface area contributed by atoms with Crippen LogP contribution in [0, 0.1) is 10.1 Å². The molecule has 8 nitrogen and oxygen atoms in total. The van der Waals surface area contributed by atoms with Gasteiger partial charge in [0.2, 0.25) is 0 Å². The number of aliphatic imine (C=N–C) groups is 1. The Hall–Kier alpha value is -3.68. The molecule has 0 radical (unpaired) electrons. The van der Waals surface area contributed by atoms with E-state index in [4.69, 9.17) is 4.74 Å². The van der Waals surface area contributed by atoms with Crippen molar-refractivity contribution in [3.8, 4) is 22.7 Å². The van der Waals surface area contributed by atoms with Crippen molar-refractivity contribution < 1.29 is 9.66 Å². The third kappa shape index (κ3) is 3.89. The predicted octanol–water partition coefficient (Wildman–Crippen LogP) is 4.11. The number of nitro benzene ring substituents is 1. The summed E-state index contributed by atoms with van der Waals surface area (Å²) in [6.07, 6.45) is 6.06. The number of ether oxygens (including phenoxy) is 1. The molecule has 1 aromatic heterocycles. The van der Waals surface area contributed by atoms with Crippen molar-refractivity contribution >= 4 is 11.9 Å². The molecular formula is C22H22N4O4. The topological polar surface area (TPSA) is 103 Å². The van der Waals surface area contributed by atoms with Crippen LogP contribution < -0.4 is 10.3 Å². The molecule has 1 aliphatic carbocycles. The Morgan fingerprint density at radius 1 is 1.13 bits per heavy atom. The molecule has 1 N–H and O–H groups in total. The van der Waals surface area contributed by atoms with Gasteiger partial charge < -0.3 is 4.74 Å². The van der Waals surface area contributed by atoms with Gasteiger partial charge in [-0.1, -0.05) is 12.8 Å². The van der Waals surface area contributed by atoms with Crippen LogP contribution in [0.25, 0.3) is 16.9 Å². The van der Waals surface area contributed by atoms with Gasteiger partial charge in [-0.25, -0.2) is 4.68 Å². The second kappa shape index (κ2) is 8.36. The number of non-ortho nitro benzene ring substituents is 1. The van der Waals surface area contributed by atoms with Gasteiger partial charge in [-0.15, -0.1) is 0 Å². The first-order chi connectivity index (χ1) is 14.6. The Kier molecular flexibility index (Phi) is 5.47. The quantitative estimate of drug-likeness (QED) is 0.378. The summed E-state index contributed by atoms with van der Waals surface area (Å²) in [6.45, 7) is 0. The third-order valence-electron chi connectivity index (χ3n) is 5.36. The summed E-state index contributed by atoms with van der Waals surface area (Å²) in [5.74, 6) is 0.720. The molecule has 0 aliphatic heterocycles. The Labute approximate surface area is 173 Å². The molecule has 0 bridgehead atoms. The van der Waals surface area contributed by atoms with Crippen molar-refractivity contribution in [2.45, 2.75) is 31.7 Å². The molecule has 30 heavy (non-hydrogen) atoms. The number of hydrogen-bond donors (Lipinski definition) is 1. The highest BCUT2D eigenvalue weighted by Gasteiger charge is 2.18. The van der Waals surface area contributed by atoms with Gasteiger partial charge >= 0.3 is 0 Å². The van der Waals surface area contributed by atoms with E-state index < -0.39 is 4.92 Å². The standard InChI is InChI=1S/C22H22N4O4/c1-30-19-12-6-15(7-13-19)21-20(14-23-16-4-2-3-5-16)22(27)25(24-21)17-8-10-18(11-9-17)26(28)29/h6-14,16,24H,2-5H2,1H3. The Balaban J connectivity index is 1.79. The van der Waals surface area contributed by atoms with E-state index in [9.17, 15) is 14.9 Å². The predicted molar refractivity (Wildman–Crippen MR) is 115 cm³/mol. The minimum absolute atomic E-state index is 0.0308. The zero-order chi connectivity index (χ0) is 21.1. The highest BCUT2D eigenvalue weighted by molar-refractivity contribution is 5.88. The van der Waals surface area contributed by atoms with E-state index in [1.54, 1.807) is 25.5 Å². The summed E-state index contributed by atoms with van der Waals surface area (Å²) in [5, 5.41) is 14.1. The summed E-state index contributed by atoms with van der Waals surface area (Å²) in [6, 6.07) is 13.5. The molecular weight excluding hydrogens is 384 g/mol. The first-order valence-corrected chi connectivity index (χ1v) is 9.84. The molecule has 2 aromatic carbocycles. The Morgan fingerprint density at radius 3 is 2.40 bits per heavy atom. The van der Waals surface area contributed by atoms with E-state index in [-0.39, 0.29) is 17.3 Å². The zero-order valence-corrected chi connectivity index (χ0v) is 16.6. The number of nitrogens with zero attached hydrogens (tertiary/aromatic N) is 3. The highest BCUT2D eigenvalue weighted by Crippen LogP contribution is 2.25.